The Morgan fingerprint density at radius 2 is 2.05 bits per heavy atom. The SMILES string of the molecule is CCCCCCC(C)Nc1c(C#N)cnc2ccccc12. The van der Waals surface area contributed by atoms with Gasteiger partial charge in [-0.1, -0.05) is 50.8 Å². The van der Waals surface area contributed by atoms with Crippen LogP contribution in [-0.4, -0.2) is 11.0 Å². The Balaban J connectivity index is 2.15. The van der Waals surface area contributed by atoms with E-state index >= 15 is 0 Å². The van der Waals surface area contributed by atoms with E-state index < -0.39 is 0 Å². The first kappa shape index (κ1) is 15.3. The Kier molecular flexibility index (Phi) is 5.57. The number of pyridine rings is 1. The Morgan fingerprint density at radius 3 is 2.81 bits per heavy atom. The zero-order valence-corrected chi connectivity index (χ0v) is 12.9. The summed E-state index contributed by atoms with van der Waals surface area (Å²) in [5.41, 5.74) is 2.47. The molecule has 0 aliphatic carbocycles. The molecule has 0 amide bonds. The van der Waals surface area contributed by atoms with E-state index in [9.17, 15) is 5.26 Å². The standard InChI is InChI=1S/C18H23N3/c1-3-4-5-6-9-14(2)21-18-15(12-19)13-20-17-11-8-7-10-16(17)18/h7-8,10-11,13-14H,3-6,9H2,1-2H3,(H,20,21). The molecule has 3 heteroatoms. The number of rotatable bonds is 7. The van der Waals surface area contributed by atoms with Crippen LogP contribution in [-0.2, 0) is 0 Å². The normalized spacial score (nSPS) is 12.0. The van der Waals surface area contributed by atoms with Crippen molar-refractivity contribution in [3.8, 4) is 6.07 Å². The molecule has 0 aliphatic rings. The fraction of sp³-hybridized carbons (Fsp3) is 0.444. The largest absolute Gasteiger partial charge is 0.381 e. The molecule has 1 heterocycles. The summed E-state index contributed by atoms with van der Waals surface area (Å²) in [4.78, 5) is 4.34. The molecule has 0 spiro atoms. The highest BCUT2D eigenvalue weighted by Gasteiger charge is 2.11. The minimum atomic E-state index is 0.361. The Bertz CT molecular complexity index is 628. The molecule has 0 fully saturated rings. The molecule has 1 atom stereocenters. The highest BCUT2D eigenvalue weighted by atomic mass is 14.9. The summed E-state index contributed by atoms with van der Waals surface area (Å²) in [6.07, 6.45) is 7.86. The molecule has 1 unspecified atom stereocenters. The summed E-state index contributed by atoms with van der Waals surface area (Å²) in [6.45, 7) is 4.41. The second-order valence-corrected chi connectivity index (χ2v) is 5.57. The second-order valence-electron chi connectivity index (χ2n) is 5.57. The third kappa shape index (κ3) is 3.95. The molecular weight excluding hydrogens is 258 g/mol. The molecule has 0 aliphatic heterocycles. The van der Waals surface area contributed by atoms with Gasteiger partial charge in [0, 0.05) is 17.6 Å². The number of fused-ring (bicyclic) bond motifs is 1. The number of benzene rings is 1. The van der Waals surface area contributed by atoms with E-state index in [1.54, 1.807) is 6.20 Å². The minimum absolute atomic E-state index is 0.361. The topological polar surface area (TPSA) is 48.7 Å². The Morgan fingerprint density at radius 1 is 1.24 bits per heavy atom. The maximum Gasteiger partial charge on any atom is 0.103 e. The van der Waals surface area contributed by atoms with Gasteiger partial charge in [0.25, 0.3) is 0 Å². The lowest BCUT2D eigenvalue weighted by atomic mass is 10.1. The van der Waals surface area contributed by atoms with Gasteiger partial charge >= 0.3 is 0 Å². The summed E-state index contributed by atoms with van der Waals surface area (Å²) in [5.74, 6) is 0. The van der Waals surface area contributed by atoms with Crippen molar-refractivity contribution in [2.45, 2.75) is 52.0 Å². The lowest BCUT2D eigenvalue weighted by Crippen LogP contribution is -2.16. The summed E-state index contributed by atoms with van der Waals surface area (Å²) < 4.78 is 0. The molecule has 3 nitrogen and oxygen atoms in total. The number of anilines is 1. The zero-order valence-electron chi connectivity index (χ0n) is 12.9. The van der Waals surface area contributed by atoms with Gasteiger partial charge in [0.05, 0.1) is 16.8 Å². The fourth-order valence-electron chi connectivity index (χ4n) is 2.58. The van der Waals surface area contributed by atoms with E-state index in [0.717, 1.165) is 23.0 Å². The van der Waals surface area contributed by atoms with Gasteiger partial charge in [0.1, 0.15) is 6.07 Å². The summed E-state index contributed by atoms with van der Waals surface area (Å²) in [6, 6.07) is 10.6. The van der Waals surface area contributed by atoms with Crippen LogP contribution in [0.5, 0.6) is 0 Å². The number of aromatic nitrogens is 1. The molecule has 1 aromatic heterocycles. The first-order valence-electron chi connectivity index (χ1n) is 7.80. The van der Waals surface area contributed by atoms with Crippen LogP contribution in [0.15, 0.2) is 30.5 Å². The smallest absolute Gasteiger partial charge is 0.103 e. The molecule has 1 aromatic carbocycles. The average molecular weight is 281 g/mol. The van der Waals surface area contributed by atoms with Gasteiger partial charge in [0.15, 0.2) is 0 Å². The molecule has 0 bridgehead atoms. The highest BCUT2D eigenvalue weighted by Crippen LogP contribution is 2.26. The Labute approximate surface area is 127 Å². The monoisotopic (exact) mass is 281 g/mol. The maximum absolute atomic E-state index is 9.31. The lowest BCUT2D eigenvalue weighted by Gasteiger charge is -2.17. The van der Waals surface area contributed by atoms with Gasteiger partial charge in [-0.25, -0.2) is 0 Å². The molecule has 0 saturated heterocycles. The molecule has 0 radical (unpaired) electrons. The highest BCUT2D eigenvalue weighted by molar-refractivity contribution is 5.93. The molecular formula is C18H23N3. The third-order valence-corrected chi connectivity index (χ3v) is 3.78. The number of hydrogen-bond donors (Lipinski definition) is 1. The van der Waals surface area contributed by atoms with Crippen molar-refractivity contribution in [2.24, 2.45) is 0 Å². The number of nitrogens with zero attached hydrogens (tertiary/aromatic N) is 2. The van der Waals surface area contributed by atoms with Gasteiger partial charge in [-0.05, 0) is 19.4 Å². The number of para-hydroxylation sites is 1. The lowest BCUT2D eigenvalue weighted by molar-refractivity contribution is 0.594. The van der Waals surface area contributed by atoms with Gasteiger partial charge in [-0.3, -0.25) is 4.98 Å². The van der Waals surface area contributed by atoms with Crippen molar-refractivity contribution in [2.75, 3.05) is 5.32 Å². The molecule has 0 saturated carbocycles. The predicted molar refractivity (Wildman–Crippen MR) is 88.3 cm³/mol. The van der Waals surface area contributed by atoms with E-state index in [1.165, 1.54) is 25.7 Å². The first-order chi connectivity index (χ1) is 10.3. The average Bonchev–Trinajstić information content (AvgIpc) is 2.52. The van der Waals surface area contributed by atoms with Crippen LogP contribution in [0, 0.1) is 11.3 Å². The van der Waals surface area contributed by atoms with Gasteiger partial charge in [-0.15, -0.1) is 0 Å². The van der Waals surface area contributed by atoms with E-state index in [0.29, 0.717) is 11.6 Å². The quantitative estimate of drug-likeness (QED) is 0.736. The van der Waals surface area contributed by atoms with Crippen molar-refractivity contribution < 1.29 is 0 Å². The van der Waals surface area contributed by atoms with Crippen LogP contribution >= 0.6 is 0 Å². The summed E-state index contributed by atoms with van der Waals surface area (Å²) in [7, 11) is 0. The molecule has 2 aromatic rings. The van der Waals surface area contributed by atoms with Crippen LogP contribution in [0.25, 0.3) is 10.9 Å². The number of nitriles is 1. The van der Waals surface area contributed by atoms with Crippen LogP contribution in [0.3, 0.4) is 0 Å². The van der Waals surface area contributed by atoms with Crippen molar-refractivity contribution in [1.29, 1.82) is 5.26 Å². The van der Waals surface area contributed by atoms with Crippen LogP contribution in [0.2, 0.25) is 0 Å². The number of hydrogen-bond acceptors (Lipinski definition) is 3. The van der Waals surface area contributed by atoms with Crippen LogP contribution < -0.4 is 5.32 Å². The third-order valence-electron chi connectivity index (χ3n) is 3.78. The van der Waals surface area contributed by atoms with E-state index in [-0.39, 0.29) is 0 Å². The molecule has 110 valence electrons. The van der Waals surface area contributed by atoms with E-state index in [1.807, 2.05) is 24.3 Å². The minimum Gasteiger partial charge on any atom is -0.381 e. The van der Waals surface area contributed by atoms with E-state index in [4.69, 9.17) is 0 Å². The van der Waals surface area contributed by atoms with Crippen molar-refractivity contribution >= 4 is 16.6 Å². The predicted octanol–water partition coefficient (Wildman–Crippen LogP) is 4.88. The fourth-order valence-corrected chi connectivity index (χ4v) is 2.58. The molecule has 2 rings (SSSR count). The van der Waals surface area contributed by atoms with Crippen molar-refractivity contribution in [3.05, 3.63) is 36.0 Å². The number of unbranched alkanes of at least 4 members (excludes halogenated alkanes) is 3. The van der Waals surface area contributed by atoms with Crippen LogP contribution in [0.1, 0.15) is 51.5 Å². The maximum atomic E-state index is 9.31. The van der Waals surface area contributed by atoms with Crippen LogP contribution in [0.4, 0.5) is 5.69 Å². The number of nitrogens with one attached hydrogen (secondary N) is 1. The van der Waals surface area contributed by atoms with Crippen molar-refractivity contribution in [3.63, 3.8) is 0 Å². The van der Waals surface area contributed by atoms with E-state index in [2.05, 4.69) is 30.2 Å². The van der Waals surface area contributed by atoms with Gasteiger partial charge < -0.3 is 5.32 Å². The molecule has 21 heavy (non-hydrogen) atoms. The first-order valence-corrected chi connectivity index (χ1v) is 7.80. The summed E-state index contributed by atoms with van der Waals surface area (Å²) in [5, 5.41) is 13.9. The van der Waals surface area contributed by atoms with Gasteiger partial charge in [-0.2, -0.15) is 5.26 Å². The molecule has 1 N–H and O–H groups in total. The van der Waals surface area contributed by atoms with Crippen molar-refractivity contribution in [1.82, 2.24) is 4.98 Å². The Hall–Kier alpha value is -2.08. The zero-order chi connectivity index (χ0) is 15.1. The second kappa shape index (κ2) is 7.64. The summed E-state index contributed by atoms with van der Waals surface area (Å²) >= 11 is 0. The van der Waals surface area contributed by atoms with Gasteiger partial charge in [0.2, 0.25) is 0 Å².